The normalized spacial score (nSPS) is 14.1. The smallest absolute Gasteiger partial charge is 0.282 e. The minimum Gasteiger partial charge on any atom is -0.323 e. The number of carbonyl (C=O) groups is 2. The van der Waals surface area contributed by atoms with Crippen LogP contribution in [0.2, 0.25) is 0 Å². The van der Waals surface area contributed by atoms with E-state index in [1.807, 2.05) is 50.2 Å². The van der Waals surface area contributed by atoms with Gasteiger partial charge in [0.2, 0.25) is 0 Å². The Hall–Kier alpha value is -2.38. The molecular formula is C20H19N3O2S2. The molecule has 2 amide bonds. The molecule has 0 unspecified atom stereocenters. The Labute approximate surface area is 166 Å². The van der Waals surface area contributed by atoms with Crippen LogP contribution >= 0.6 is 23.1 Å². The summed E-state index contributed by atoms with van der Waals surface area (Å²) >= 11 is 2.75. The summed E-state index contributed by atoms with van der Waals surface area (Å²) in [5.41, 5.74) is 3.82. The maximum absolute atomic E-state index is 13.2. The highest BCUT2D eigenvalue weighted by Crippen LogP contribution is 2.34. The Bertz CT molecular complexity index is 978. The van der Waals surface area contributed by atoms with Crippen LogP contribution in [0, 0.1) is 13.8 Å². The van der Waals surface area contributed by atoms with Gasteiger partial charge in [-0.2, -0.15) is 0 Å². The number of aryl methyl sites for hydroxylation is 2. The second kappa shape index (κ2) is 7.32. The summed E-state index contributed by atoms with van der Waals surface area (Å²) in [6, 6.07) is 13.9. The van der Waals surface area contributed by atoms with Crippen molar-refractivity contribution in [1.82, 2.24) is 9.88 Å². The van der Waals surface area contributed by atoms with Crippen molar-refractivity contribution in [3.63, 3.8) is 0 Å². The van der Waals surface area contributed by atoms with Crippen LogP contribution in [0.3, 0.4) is 0 Å². The van der Waals surface area contributed by atoms with Gasteiger partial charge in [0.15, 0.2) is 5.13 Å². The van der Waals surface area contributed by atoms with Gasteiger partial charge in [-0.25, -0.2) is 4.98 Å². The molecule has 0 radical (unpaired) electrons. The number of aromatic nitrogens is 1. The maximum atomic E-state index is 13.2. The van der Waals surface area contributed by atoms with E-state index >= 15 is 0 Å². The van der Waals surface area contributed by atoms with Crippen LogP contribution in [0.4, 0.5) is 15.6 Å². The van der Waals surface area contributed by atoms with Gasteiger partial charge < -0.3 is 4.90 Å². The molecular weight excluding hydrogens is 378 g/mol. The Morgan fingerprint density at radius 3 is 2.59 bits per heavy atom. The van der Waals surface area contributed by atoms with Crippen LogP contribution in [0.1, 0.15) is 11.1 Å². The first-order chi connectivity index (χ1) is 13.0. The van der Waals surface area contributed by atoms with Gasteiger partial charge in [-0.15, -0.1) is 0 Å². The molecule has 7 heteroatoms. The van der Waals surface area contributed by atoms with Crippen molar-refractivity contribution in [2.24, 2.45) is 0 Å². The lowest BCUT2D eigenvalue weighted by Crippen LogP contribution is -2.38. The van der Waals surface area contributed by atoms with Crippen molar-refractivity contribution in [3.8, 4) is 0 Å². The number of thioether (sulfide) groups is 1. The zero-order valence-corrected chi connectivity index (χ0v) is 16.8. The lowest BCUT2D eigenvalue weighted by atomic mass is 10.1. The second-order valence-corrected chi connectivity index (χ2v) is 8.63. The Morgan fingerprint density at radius 2 is 1.93 bits per heavy atom. The number of hydrogen-bond donors (Lipinski definition) is 0. The summed E-state index contributed by atoms with van der Waals surface area (Å²) in [6.45, 7) is 4.70. The van der Waals surface area contributed by atoms with Crippen LogP contribution in [0.25, 0.3) is 10.2 Å². The third-order valence-corrected chi connectivity index (χ3v) is 6.27. The van der Waals surface area contributed by atoms with Crippen LogP contribution < -0.4 is 4.90 Å². The van der Waals surface area contributed by atoms with Crippen LogP contribution in [0.15, 0.2) is 42.5 Å². The third-order valence-electron chi connectivity index (χ3n) is 4.36. The summed E-state index contributed by atoms with van der Waals surface area (Å²) in [6.07, 6.45) is 0. The molecule has 0 saturated carbocycles. The fraction of sp³-hybridized carbons (Fsp3) is 0.250. The summed E-state index contributed by atoms with van der Waals surface area (Å²) < 4.78 is 1.03. The number of anilines is 2. The number of rotatable bonds is 4. The molecule has 3 aromatic rings. The minimum absolute atomic E-state index is 0.0342. The van der Waals surface area contributed by atoms with Gasteiger partial charge in [0.1, 0.15) is 6.54 Å². The molecule has 0 spiro atoms. The van der Waals surface area contributed by atoms with Crippen molar-refractivity contribution in [1.29, 1.82) is 0 Å². The molecule has 1 saturated heterocycles. The third kappa shape index (κ3) is 3.70. The monoisotopic (exact) mass is 397 g/mol. The number of amides is 2. The average Bonchev–Trinajstić information content (AvgIpc) is 3.20. The largest absolute Gasteiger partial charge is 0.323 e. The average molecular weight is 398 g/mol. The molecule has 27 heavy (non-hydrogen) atoms. The number of carbonyl (C=O) groups excluding carboxylic acids is 2. The van der Waals surface area contributed by atoms with E-state index < -0.39 is 0 Å². The molecule has 4 rings (SSSR count). The predicted molar refractivity (Wildman–Crippen MR) is 112 cm³/mol. The molecule has 5 nitrogen and oxygen atoms in total. The zero-order chi connectivity index (χ0) is 19.0. The molecule has 2 aromatic carbocycles. The first kappa shape index (κ1) is 18.0. The van der Waals surface area contributed by atoms with E-state index in [9.17, 15) is 9.59 Å². The van der Waals surface area contributed by atoms with Crippen molar-refractivity contribution >= 4 is 55.3 Å². The van der Waals surface area contributed by atoms with Crippen LogP contribution in [-0.2, 0) is 4.79 Å². The number of nitrogens with zero attached hydrogens (tertiary/aromatic N) is 3. The molecule has 1 aromatic heterocycles. The number of thiazole rings is 1. The Morgan fingerprint density at radius 1 is 1.19 bits per heavy atom. The van der Waals surface area contributed by atoms with Crippen molar-refractivity contribution in [3.05, 3.63) is 53.6 Å². The number of fused-ring (bicyclic) bond motifs is 1. The summed E-state index contributed by atoms with van der Waals surface area (Å²) in [5.74, 6) is 0.589. The van der Waals surface area contributed by atoms with E-state index in [1.165, 1.54) is 23.1 Å². The molecule has 0 bridgehead atoms. The Kier molecular flexibility index (Phi) is 4.88. The first-order valence-corrected chi connectivity index (χ1v) is 10.5. The molecule has 0 aliphatic carbocycles. The maximum Gasteiger partial charge on any atom is 0.282 e. The predicted octanol–water partition coefficient (Wildman–Crippen LogP) is 4.75. The van der Waals surface area contributed by atoms with Crippen LogP contribution in [-0.4, -0.2) is 39.9 Å². The van der Waals surface area contributed by atoms with Gasteiger partial charge in [0.05, 0.1) is 15.9 Å². The van der Waals surface area contributed by atoms with E-state index in [0.717, 1.165) is 32.8 Å². The number of hydrogen-bond acceptors (Lipinski definition) is 5. The van der Waals surface area contributed by atoms with E-state index in [2.05, 4.69) is 11.1 Å². The van der Waals surface area contributed by atoms with E-state index in [0.29, 0.717) is 11.7 Å². The van der Waals surface area contributed by atoms with Gasteiger partial charge in [0, 0.05) is 12.3 Å². The highest BCUT2D eigenvalue weighted by atomic mass is 32.2. The highest BCUT2D eigenvalue weighted by Gasteiger charge is 2.28. The fourth-order valence-corrected chi connectivity index (χ4v) is 5.03. The van der Waals surface area contributed by atoms with Gasteiger partial charge in [0.25, 0.3) is 11.1 Å². The SMILES string of the molecule is Cc1cc(C)cc(N(C(=O)CN2CCSC2=O)c2nc3ccccc3s2)c1. The zero-order valence-electron chi connectivity index (χ0n) is 15.1. The standard InChI is InChI=1S/C20H19N3O2S2/c1-13-9-14(2)11-15(10-13)23(18(24)12-22-7-8-26-20(22)25)19-21-16-5-3-4-6-17(16)27-19/h3-6,9-11H,7-8,12H2,1-2H3. The second-order valence-electron chi connectivity index (χ2n) is 6.58. The quantitative estimate of drug-likeness (QED) is 0.638. The molecule has 0 atom stereocenters. The molecule has 1 fully saturated rings. The first-order valence-electron chi connectivity index (χ1n) is 8.70. The van der Waals surface area contributed by atoms with E-state index in [1.54, 1.807) is 9.80 Å². The van der Waals surface area contributed by atoms with Gasteiger partial charge in [-0.1, -0.05) is 41.3 Å². The molecule has 1 aliphatic heterocycles. The number of para-hydroxylation sites is 1. The lowest BCUT2D eigenvalue weighted by molar-refractivity contribution is -0.118. The van der Waals surface area contributed by atoms with Gasteiger partial charge in [-0.3, -0.25) is 14.5 Å². The van der Waals surface area contributed by atoms with Crippen molar-refractivity contribution in [2.75, 3.05) is 23.7 Å². The molecule has 2 heterocycles. The lowest BCUT2D eigenvalue weighted by Gasteiger charge is -2.23. The van der Waals surface area contributed by atoms with Gasteiger partial charge in [-0.05, 0) is 49.2 Å². The molecule has 0 N–H and O–H groups in total. The van der Waals surface area contributed by atoms with Crippen molar-refractivity contribution in [2.45, 2.75) is 13.8 Å². The summed E-state index contributed by atoms with van der Waals surface area (Å²) in [7, 11) is 0. The molecule has 138 valence electrons. The van der Waals surface area contributed by atoms with E-state index in [-0.39, 0.29) is 17.7 Å². The van der Waals surface area contributed by atoms with Crippen molar-refractivity contribution < 1.29 is 9.59 Å². The van der Waals surface area contributed by atoms with Gasteiger partial charge >= 0.3 is 0 Å². The fourth-order valence-electron chi connectivity index (χ4n) is 3.20. The highest BCUT2D eigenvalue weighted by molar-refractivity contribution is 8.13. The van der Waals surface area contributed by atoms with Crippen LogP contribution in [0.5, 0.6) is 0 Å². The van der Waals surface area contributed by atoms with E-state index in [4.69, 9.17) is 0 Å². The Balaban J connectivity index is 1.76. The summed E-state index contributed by atoms with van der Waals surface area (Å²) in [4.78, 5) is 33.1. The minimum atomic E-state index is -0.144. The molecule has 1 aliphatic rings. The summed E-state index contributed by atoms with van der Waals surface area (Å²) in [5, 5.41) is 0.596. The topological polar surface area (TPSA) is 53.5 Å². The number of benzene rings is 2.